The first-order chi connectivity index (χ1) is 8.27. The Morgan fingerprint density at radius 1 is 1.53 bits per heavy atom. The Balaban J connectivity index is 2.51. The van der Waals surface area contributed by atoms with Crippen molar-refractivity contribution in [2.45, 2.75) is 37.3 Å². The molecule has 0 aromatic carbocycles. The molecule has 4 heteroatoms. The summed E-state index contributed by atoms with van der Waals surface area (Å²) in [6, 6.07) is 4.34. The number of hydrogen-bond donors (Lipinski definition) is 1. The number of aromatic nitrogens is 1. The lowest BCUT2D eigenvalue weighted by atomic mass is 10.1. The summed E-state index contributed by atoms with van der Waals surface area (Å²) in [4.78, 5) is 4.43. The monoisotopic (exact) mass is 254 g/mol. The van der Waals surface area contributed by atoms with Gasteiger partial charge in [-0.1, -0.05) is 13.0 Å². The number of nitrogens with zero attached hydrogens (tertiary/aromatic N) is 1. The van der Waals surface area contributed by atoms with Gasteiger partial charge in [0.25, 0.3) is 0 Å². The molecular weight excluding hydrogens is 232 g/mol. The van der Waals surface area contributed by atoms with E-state index in [4.69, 9.17) is 10.5 Å². The van der Waals surface area contributed by atoms with Crippen LogP contribution in [0.25, 0.3) is 0 Å². The Hall–Kier alpha value is -0.580. The highest BCUT2D eigenvalue weighted by Crippen LogP contribution is 2.21. The fourth-order valence-electron chi connectivity index (χ4n) is 1.51. The smallest absolute Gasteiger partial charge is 0.0992 e. The van der Waals surface area contributed by atoms with Crippen molar-refractivity contribution in [2.75, 3.05) is 19.5 Å². The molecule has 1 aromatic heterocycles. The van der Waals surface area contributed by atoms with Crippen molar-refractivity contribution in [3.05, 3.63) is 23.9 Å². The fraction of sp³-hybridized carbons (Fsp3) is 0.615. The van der Waals surface area contributed by atoms with E-state index in [1.54, 1.807) is 18.9 Å². The third-order valence-corrected chi connectivity index (χ3v) is 3.72. The van der Waals surface area contributed by atoms with Crippen molar-refractivity contribution in [1.29, 1.82) is 0 Å². The van der Waals surface area contributed by atoms with Gasteiger partial charge in [0.05, 0.1) is 5.03 Å². The normalized spacial score (nSPS) is 12.6. The molecule has 0 aliphatic heterocycles. The molecule has 1 unspecified atom stereocenters. The molecule has 0 saturated heterocycles. The molecule has 96 valence electrons. The summed E-state index contributed by atoms with van der Waals surface area (Å²) >= 11 is 1.79. The summed E-state index contributed by atoms with van der Waals surface area (Å²) in [7, 11) is 1.73. The number of ether oxygens (including phenoxy) is 1. The Kier molecular flexibility index (Phi) is 7.24. The van der Waals surface area contributed by atoms with Gasteiger partial charge < -0.3 is 10.5 Å². The second kappa shape index (κ2) is 8.50. The van der Waals surface area contributed by atoms with Crippen LogP contribution in [-0.4, -0.2) is 30.5 Å². The van der Waals surface area contributed by atoms with Gasteiger partial charge in [-0.05, 0) is 30.9 Å². The average Bonchev–Trinajstić information content (AvgIpc) is 2.36. The van der Waals surface area contributed by atoms with Gasteiger partial charge in [0.15, 0.2) is 0 Å². The predicted molar refractivity (Wildman–Crippen MR) is 73.4 cm³/mol. The third-order valence-electron chi connectivity index (χ3n) is 2.59. The SMILES string of the molecule is CCC(N)Cc1cccnc1SCCCOC. The Morgan fingerprint density at radius 2 is 2.35 bits per heavy atom. The standard InChI is InChI=1S/C13H22N2OS/c1-3-12(14)10-11-6-4-7-15-13(11)17-9-5-8-16-2/h4,6-7,12H,3,5,8-10,14H2,1-2H3. The van der Waals surface area contributed by atoms with Crippen LogP contribution < -0.4 is 5.73 Å². The second-order valence-corrected chi connectivity index (χ2v) is 5.12. The number of pyridine rings is 1. The molecule has 0 spiro atoms. The number of rotatable bonds is 8. The third kappa shape index (κ3) is 5.52. The van der Waals surface area contributed by atoms with E-state index in [9.17, 15) is 0 Å². The first-order valence-corrected chi connectivity index (χ1v) is 7.07. The minimum Gasteiger partial charge on any atom is -0.385 e. The molecule has 2 N–H and O–H groups in total. The van der Waals surface area contributed by atoms with Crippen LogP contribution in [0.2, 0.25) is 0 Å². The van der Waals surface area contributed by atoms with Crippen LogP contribution in [0.3, 0.4) is 0 Å². The zero-order valence-electron chi connectivity index (χ0n) is 10.7. The maximum atomic E-state index is 5.99. The first kappa shape index (κ1) is 14.5. The van der Waals surface area contributed by atoms with E-state index in [0.717, 1.165) is 36.6 Å². The molecule has 0 aliphatic carbocycles. The summed E-state index contributed by atoms with van der Waals surface area (Å²) in [5.41, 5.74) is 7.26. The summed E-state index contributed by atoms with van der Waals surface area (Å²) in [5.74, 6) is 1.04. The van der Waals surface area contributed by atoms with E-state index in [1.165, 1.54) is 5.56 Å². The molecule has 0 amide bonds. The predicted octanol–water partition coefficient (Wildman–Crippen LogP) is 2.49. The lowest BCUT2D eigenvalue weighted by Gasteiger charge is -2.11. The van der Waals surface area contributed by atoms with E-state index < -0.39 is 0 Å². The highest BCUT2D eigenvalue weighted by molar-refractivity contribution is 7.99. The summed E-state index contributed by atoms with van der Waals surface area (Å²) in [5, 5.41) is 1.12. The number of hydrogen-bond acceptors (Lipinski definition) is 4. The van der Waals surface area contributed by atoms with Crippen molar-refractivity contribution < 1.29 is 4.74 Å². The molecule has 0 bridgehead atoms. The summed E-state index contributed by atoms with van der Waals surface area (Å²) in [6.07, 6.45) is 4.82. The number of nitrogens with two attached hydrogens (primary N) is 1. The molecular formula is C13H22N2OS. The topological polar surface area (TPSA) is 48.1 Å². The number of thioether (sulfide) groups is 1. The van der Waals surface area contributed by atoms with Crippen LogP contribution in [0.4, 0.5) is 0 Å². The maximum Gasteiger partial charge on any atom is 0.0992 e. The highest BCUT2D eigenvalue weighted by atomic mass is 32.2. The van der Waals surface area contributed by atoms with Crippen molar-refractivity contribution in [3.8, 4) is 0 Å². The van der Waals surface area contributed by atoms with Gasteiger partial charge in [-0.2, -0.15) is 0 Å². The van der Waals surface area contributed by atoms with E-state index in [1.807, 2.05) is 12.3 Å². The average molecular weight is 254 g/mol. The molecule has 1 aromatic rings. The van der Waals surface area contributed by atoms with E-state index in [2.05, 4.69) is 18.0 Å². The Morgan fingerprint density at radius 3 is 3.06 bits per heavy atom. The minimum atomic E-state index is 0.234. The minimum absolute atomic E-state index is 0.234. The summed E-state index contributed by atoms with van der Waals surface area (Å²) < 4.78 is 5.04. The zero-order valence-corrected chi connectivity index (χ0v) is 11.5. The van der Waals surface area contributed by atoms with Crippen LogP contribution in [0.1, 0.15) is 25.3 Å². The molecule has 0 fully saturated rings. The van der Waals surface area contributed by atoms with Crippen molar-refractivity contribution in [2.24, 2.45) is 5.73 Å². The van der Waals surface area contributed by atoms with Crippen LogP contribution in [0.15, 0.2) is 23.4 Å². The lowest BCUT2D eigenvalue weighted by molar-refractivity contribution is 0.200. The van der Waals surface area contributed by atoms with Crippen LogP contribution in [0.5, 0.6) is 0 Å². The molecule has 0 aliphatic rings. The fourth-order valence-corrected chi connectivity index (χ4v) is 2.44. The van der Waals surface area contributed by atoms with Gasteiger partial charge in [-0.15, -0.1) is 11.8 Å². The van der Waals surface area contributed by atoms with Gasteiger partial charge >= 0.3 is 0 Å². The molecule has 1 rings (SSSR count). The Labute approximate surface area is 108 Å². The largest absolute Gasteiger partial charge is 0.385 e. The van der Waals surface area contributed by atoms with Crippen LogP contribution in [-0.2, 0) is 11.2 Å². The van der Waals surface area contributed by atoms with Crippen molar-refractivity contribution >= 4 is 11.8 Å². The van der Waals surface area contributed by atoms with Gasteiger partial charge in [0, 0.05) is 31.7 Å². The van der Waals surface area contributed by atoms with Crippen LogP contribution >= 0.6 is 11.8 Å². The lowest BCUT2D eigenvalue weighted by Crippen LogP contribution is -2.21. The quantitative estimate of drug-likeness (QED) is 0.572. The van der Waals surface area contributed by atoms with E-state index in [0.29, 0.717) is 0 Å². The molecule has 1 heterocycles. The van der Waals surface area contributed by atoms with Gasteiger partial charge in [-0.25, -0.2) is 4.98 Å². The molecule has 17 heavy (non-hydrogen) atoms. The first-order valence-electron chi connectivity index (χ1n) is 6.09. The zero-order chi connectivity index (χ0) is 12.5. The van der Waals surface area contributed by atoms with Crippen molar-refractivity contribution in [3.63, 3.8) is 0 Å². The Bertz CT molecular complexity index is 320. The van der Waals surface area contributed by atoms with Gasteiger partial charge in [-0.3, -0.25) is 0 Å². The highest BCUT2D eigenvalue weighted by Gasteiger charge is 2.07. The molecule has 1 atom stereocenters. The second-order valence-electron chi connectivity index (χ2n) is 4.03. The van der Waals surface area contributed by atoms with Crippen molar-refractivity contribution in [1.82, 2.24) is 4.98 Å². The molecule has 0 radical (unpaired) electrons. The molecule has 0 saturated carbocycles. The van der Waals surface area contributed by atoms with E-state index in [-0.39, 0.29) is 6.04 Å². The van der Waals surface area contributed by atoms with Gasteiger partial charge in [0.2, 0.25) is 0 Å². The summed E-state index contributed by atoms with van der Waals surface area (Å²) in [6.45, 7) is 2.93. The maximum absolute atomic E-state index is 5.99. The van der Waals surface area contributed by atoms with Gasteiger partial charge in [0.1, 0.15) is 0 Å². The molecule has 3 nitrogen and oxygen atoms in total. The van der Waals surface area contributed by atoms with E-state index >= 15 is 0 Å². The number of methoxy groups -OCH3 is 1. The van der Waals surface area contributed by atoms with Crippen LogP contribution in [0, 0.1) is 0 Å².